The average molecular weight is 401 g/mol. The lowest BCUT2D eigenvalue weighted by Crippen LogP contribution is -2.44. The topological polar surface area (TPSA) is 54.4 Å². The molecule has 1 N–H and O–H groups in total. The molecule has 5 rings (SSSR count). The van der Waals surface area contributed by atoms with E-state index in [1.165, 1.54) is 16.7 Å². The third kappa shape index (κ3) is 3.26. The summed E-state index contributed by atoms with van der Waals surface area (Å²) >= 11 is 0. The van der Waals surface area contributed by atoms with Gasteiger partial charge in [-0.15, -0.1) is 0 Å². The first-order valence-electron chi connectivity index (χ1n) is 10.9. The van der Waals surface area contributed by atoms with Gasteiger partial charge >= 0.3 is 0 Å². The van der Waals surface area contributed by atoms with Crippen molar-refractivity contribution < 1.29 is 19.3 Å². The van der Waals surface area contributed by atoms with Crippen LogP contribution in [-0.2, 0) is 16.7 Å². The molecule has 158 valence electrons. The molecule has 0 radical (unpaired) electrons. The quantitative estimate of drug-likeness (QED) is 0.779. The van der Waals surface area contributed by atoms with Crippen molar-refractivity contribution in [1.29, 1.82) is 0 Å². The minimum atomic E-state index is -0.434. The highest BCUT2D eigenvalue weighted by Crippen LogP contribution is 2.56. The van der Waals surface area contributed by atoms with Gasteiger partial charge in [-0.3, -0.25) is 9.80 Å². The second-order valence-corrected chi connectivity index (χ2v) is 8.87. The number of aryl methyl sites for hydroxylation is 1. The standard InChI is InChI=1S/C23H32N2O4/c1-16-13-19(27-2)22-21-18(16)15-25(8-7-24-9-11-28-12-10-24)6-5-23(21)4-3-17(26)14-20(23)29-22/h3-4,13,17,20,26H,5-12,14-15H2,1-2H3/t17-,20-,23?/m1/s1. The number of aliphatic hydroxyl groups excluding tert-OH is 1. The van der Waals surface area contributed by atoms with Crippen LogP contribution in [0.25, 0.3) is 0 Å². The molecule has 1 saturated heterocycles. The minimum absolute atomic E-state index is 0.0221. The number of morpholine rings is 1. The van der Waals surface area contributed by atoms with Gasteiger partial charge in [0.25, 0.3) is 0 Å². The highest BCUT2D eigenvalue weighted by atomic mass is 16.5. The Bertz CT molecular complexity index is 805. The maximum atomic E-state index is 10.2. The molecule has 1 aromatic carbocycles. The molecule has 0 bridgehead atoms. The van der Waals surface area contributed by atoms with Crippen LogP contribution in [0.15, 0.2) is 18.2 Å². The lowest BCUT2D eigenvalue weighted by molar-refractivity contribution is 0.0322. The molecule has 6 heteroatoms. The third-order valence-corrected chi connectivity index (χ3v) is 7.23. The zero-order chi connectivity index (χ0) is 20.0. The molecule has 0 amide bonds. The molecule has 3 aliphatic heterocycles. The summed E-state index contributed by atoms with van der Waals surface area (Å²) in [5, 5.41) is 10.2. The van der Waals surface area contributed by atoms with Crippen molar-refractivity contribution >= 4 is 0 Å². The normalized spacial score (nSPS) is 31.7. The molecule has 1 aliphatic carbocycles. The Morgan fingerprint density at radius 3 is 2.79 bits per heavy atom. The first-order chi connectivity index (χ1) is 14.1. The molecular formula is C23H32N2O4. The highest BCUT2D eigenvalue weighted by molar-refractivity contribution is 5.63. The maximum absolute atomic E-state index is 10.2. The van der Waals surface area contributed by atoms with Crippen LogP contribution in [0.4, 0.5) is 0 Å². The monoisotopic (exact) mass is 400 g/mol. The molecule has 3 atom stereocenters. The van der Waals surface area contributed by atoms with E-state index in [1.54, 1.807) is 7.11 Å². The Morgan fingerprint density at radius 2 is 2.00 bits per heavy atom. The van der Waals surface area contributed by atoms with E-state index in [-0.39, 0.29) is 11.5 Å². The van der Waals surface area contributed by atoms with Gasteiger partial charge in [-0.25, -0.2) is 0 Å². The second-order valence-electron chi connectivity index (χ2n) is 8.87. The van der Waals surface area contributed by atoms with Gasteiger partial charge in [0.2, 0.25) is 0 Å². The number of benzene rings is 1. The van der Waals surface area contributed by atoms with Gasteiger partial charge in [0, 0.05) is 44.7 Å². The first-order valence-corrected chi connectivity index (χ1v) is 10.9. The first kappa shape index (κ1) is 19.4. The lowest BCUT2D eigenvalue weighted by atomic mass is 9.68. The highest BCUT2D eigenvalue weighted by Gasteiger charge is 2.53. The van der Waals surface area contributed by atoms with Gasteiger partial charge in [-0.05, 0) is 37.1 Å². The molecule has 1 unspecified atom stereocenters. The van der Waals surface area contributed by atoms with Gasteiger partial charge in [0.1, 0.15) is 6.10 Å². The van der Waals surface area contributed by atoms with E-state index >= 15 is 0 Å². The Balaban J connectivity index is 1.48. The van der Waals surface area contributed by atoms with E-state index in [2.05, 4.69) is 28.9 Å². The second kappa shape index (κ2) is 7.58. The van der Waals surface area contributed by atoms with E-state index in [9.17, 15) is 5.11 Å². The Hall–Kier alpha value is -1.60. The molecule has 1 aromatic rings. The van der Waals surface area contributed by atoms with Crippen molar-refractivity contribution in [2.24, 2.45) is 0 Å². The van der Waals surface area contributed by atoms with Crippen molar-refractivity contribution in [2.75, 3.05) is 53.0 Å². The van der Waals surface area contributed by atoms with Crippen molar-refractivity contribution in [2.45, 2.75) is 43.9 Å². The summed E-state index contributed by atoms with van der Waals surface area (Å²) in [7, 11) is 1.71. The average Bonchev–Trinajstić information content (AvgIpc) is 2.96. The molecule has 1 fully saturated rings. The number of rotatable bonds is 4. The Morgan fingerprint density at radius 1 is 1.21 bits per heavy atom. The van der Waals surface area contributed by atoms with E-state index in [1.807, 2.05) is 6.08 Å². The summed E-state index contributed by atoms with van der Waals surface area (Å²) < 4.78 is 17.6. The van der Waals surface area contributed by atoms with Gasteiger partial charge < -0.3 is 19.3 Å². The molecule has 1 spiro atoms. The molecule has 4 aliphatic rings. The van der Waals surface area contributed by atoms with Gasteiger partial charge in [-0.2, -0.15) is 0 Å². The third-order valence-electron chi connectivity index (χ3n) is 7.23. The summed E-state index contributed by atoms with van der Waals surface area (Å²) in [6.07, 6.45) is 5.39. The van der Waals surface area contributed by atoms with Crippen LogP contribution in [0.3, 0.4) is 0 Å². The van der Waals surface area contributed by atoms with E-state index in [4.69, 9.17) is 14.2 Å². The number of methoxy groups -OCH3 is 1. The molecule has 6 nitrogen and oxygen atoms in total. The smallest absolute Gasteiger partial charge is 0.166 e. The minimum Gasteiger partial charge on any atom is -0.493 e. The molecule has 0 saturated carbocycles. The van der Waals surface area contributed by atoms with E-state index in [0.29, 0.717) is 6.42 Å². The largest absolute Gasteiger partial charge is 0.493 e. The number of aliphatic hydroxyl groups is 1. The lowest BCUT2D eigenvalue weighted by Gasteiger charge is -2.36. The van der Waals surface area contributed by atoms with Crippen molar-refractivity contribution in [1.82, 2.24) is 9.80 Å². The summed E-state index contributed by atoms with van der Waals surface area (Å²) in [5.74, 6) is 1.71. The van der Waals surface area contributed by atoms with Crippen LogP contribution in [0.2, 0.25) is 0 Å². The predicted molar refractivity (Wildman–Crippen MR) is 111 cm³/mol. The van der Waals surface area contributed by atoms with Gasteiger partial charge in [0.15, 0.2) is 11.5 Å². The zero-order valence-corrected chi connectivity index (χ0v) is 17.5. The summed E-state index contributed by atoms with van der Waals surface area (Å²) in [6.45, 7) is 10.1. The fourth-order valence-electron chi connectivity index (χ4n) is 5.52. The van der Waals surface area contributed by atoms with Crippen molar-refractivity contribution in [3.8, 4) is 11.5 Å². The van der Waals surface area contributed by atoms with Crippen LogP contribution in [0.5, 0.6) is 11.5 Å². The summed E-state index contributed by atoms with van der Waals surface area (Å²) in [6, 6.07) is 2.12. The molecule has 0 aromatic heterocycles. The fraction of sp³-hybridized carbons (Fsp3) is 0.652. The number of hydrogen-bond acceptors (Lipinski definition) is 6. The van der Waals surface area contributed by atoms with Crippen LogP contribution in [-0.4, -0.2) is 80.2 Å². The summed E-state index contributed by atoms with van der Waals surface area (Å²) in [4.78, 5) is 5.10. The predicted octanol–water partition coefficient (Wildman–Crippen LogP) is 1.86. The van der Waals surface area contributed by atoms with Crippen LogP contribution < -0.4 is 9.47 Å². The molecule has 29 heavy (non-hydrogen) atoms. The fourth-order valence-corrected chi connectivity index (χ4v) is 5.52. The van der Waals surface area contributed by atoms with Crippen LogP contribution >= 0.6 is 0 Å². The Labute approximate surface area is 173 Å². The molecular weight excluding hydrogens is 368 g/mol. The number of nitrogens with zero attached hydrogens (tertiary/aromatic N) is 2. The van der Waals surface area contributed by atoms with E-state index < -0.39 is 6.10 Å². The SMILES string of the molecule is COc1cc(C)c2c3c1O[C@@H]1C[C@H](O)C=CC31CCN(CCN1CCOCC1)C2. The van der Waals surface area contributed by atoms with Crippen LogP contribution in [0, 0.1) is 6.92 Å². The van der Waals surface area contributed by atoms with Crippen molar-refractivity contribution in [3.05, 3.63) is 34.9 Å². The van der Waals surface area contributed by atoms with Gasteiger partial charge in [0.05, 0.1) is 31.8 Å². The summed E-state index contributed by atoms with van der Waals surface area (Å²) in [5.41, 5.74) is 3.79. The number of ether oxygens (including phenoxy) is 3. The molecule has 3 heterocycles. The van der Waals surface area contributed by atoms with E-state index in [0.717, 1.165) is 70.4 Å². The van der Waals surface area contributed by atoms with Crippen LogP contribution in [0.1, 0.15) is 29.5 Å². The zero-order valence-electron chi connectivity index (χ0n) is 17.5. The maximum Gasteiger partial charge on any atom is 0.166 e. The van der Waals surface area contributed by atoms with Gasteiger partial charge in [-0.1, -0.05) is 12.2 Å². The number of hydrogen-bond donors (Lipinski definition) is 1. The Kier molecular flexibility index (Phi) is 5.06. The van der Waals surface area contributed by atoms with Crippen molar-refractivity contribution in [3.63, 3.8) is 0 Å².